The summed E-state index contributed by atoms with van der Waals surface area (Å²) >= 11 is 0. The van der Waals surface area contributed by atoms with Crippen LogP contribution in [0.15, 0.2) is 36.5 Å². The first-order valence-corrected chi connectivity index (χ1v) is 6.34. The lowest BCUT2D eigenvalue weighted by Crippen LogP contribution is -2.19. The summed E-state index contributed by atoms with van der Waals surface area (Å²) in [5, 5.41) is 17.9. The number of carbonyl (C=O) groups excluding carboxylic acids is 1. The van der Waals surface area contributed by atoms with Gasteiger partial charge in [-0.3, -0.25) is 10.00 Å². The Labute approximate surface area is 122 Å². The molecule has 0 unspecified atom stereocenters. The van der Waals surface area contributed by atoms with E-state index >= 15 is 0 Å². The van der Waals surface area contributed by atoms with Crippen LogP contribution in [0.5, 0.6) is 5.75 Å². The Morgan fingerprint density at radius 1 is 1.43 bits per heavy atom. The molecule has 0 aliphatic heterocycles. The quantitative estimate of drug-likeness (QED) is 0.882. The van der Waals surface area contributed by atoms with Gasteiger partial charge < -0.3 is 10.1 Å². The zero-order valence-electron chi connectivity index (χ0n) is 11.5. The maximum Gasteiger partial charge on any atom is 0.324 e. The number of hydrogen-bond acceptors (Lipinski definition) is 4. The molecule has 2 rings (SSSR count). The van der Waals surface area contributed by atoms with E-state index in [1.54, 1.807) is 48.3 Å². The van der Waals surface area contributed by atoms with Crippen molar-refractivity contribution in [2.24, 2.45) is 0 Å². The van der Waals surface area contributed by atoms with Crippen molar-refractivity contribution in [2.45, 2.75) is 13.0 Å². The number of aromatic nitrogens is 2. The fourth-order valence-corrected chi connectivity index (χ4v) is 1.70. The maximum absolute atomic E-state index is 11.8. The molecule has 2 N–H and O–H groups in total. The van der Waals surface area contributed by atoms with Gasteiger partial charge in [0, 0.05) is 24.0 Å². The molecular formula is C14H15N5O2. The smallest absolute Gasteiger partial charge is 0.324 e. The number of carbonyl (C=O) groups is 1. The Morgan fingerprint density at radius 2 is 2.29 bits per heavy atom. The number of nitrogens with one attached hydrogen (secondary N) is 2. The van der Waals surface area contributed by atoms with Crippen LogP contribution in [0.3, 0.4) is 0 Å². The molecule has 0 bridgehead atoms. The standard InChI is InChI=1S/C14H15N5O2/c1-21-12-5-2-4-11(10-12)16-14(20)17-13-6-9-19(18-13)8-3-7-15/h2,4-6,9-10H,3,8H2,1H3,(H2,16,17,18,20). The number of benzene rings is 1. The van der Waals surface area contributed by atoms with E-state index in [0.717, 1.165) is 0 Å². The third-order valence-corrected chi connectivity index (χ3v) is 2.66. The number of anilines is 2. The Balaban J connectivity index is 1.92. The molecule has 0 fully saturated rings. The summed E-state index contributed by atoms with van der Waals surface area (Å²) in [5.41, 5.74) is 0.621. The SMILES string of the molecule is COc1cccc(NC(=O)Nc2ccn(CCC#N)n2)c1. The van der Waals surface area contributed by atoms with E-state index in [-0.39, 0.29) is 0 Å². The van der Waals surface area contributed by atoms with E-state index in [2.05, 4.69) is 15.7 Å². The van der Waals surface area contributed by atoms with Gasteiger partial charge in [0.25, 0.3) is 0 Å². The van der Waals surface area contributed by atoms with Gasteiger partial charge in [-0.05, 0) is 12.1 Å². The van der Waals surface area contributed by atoms with Gasteiger partial charge >= 0.3 is 6.03 Å². The lowest BCUT2D eigenvalue weighted by molar-refractivity contribution is 0.262. The molecular weight excluding hydrogens is 270 g/mol. The van der Waals surface area contributed by atoms with Crippen LogP contribution >= 0.6 is 0 Å². The fraction of sp³-hybridized carbons (Fsp3) is 0.214. The highest BCUT2D eigenvalue weighted by molar-refractivity contribution is 5.99. The third-order valence-electron chi connectivity index (χ3n) is 2.66. The second kappa shape index (κ2) is 6.96. The van der Waals surface area contributed by atoms with Crippen LogP contribution < -0.4 is 15.4 Å². The van der Waals surface area contributed by atoms with Crippen LogP contribution in [0.4, 0.5) is 16.3 Å². The molecule has 108 valence electrons. The first kappa shape index (κ1) is 14.4. The van der Waals surface area contributed by atoms with Crippen LogP contribution in [0.2, 0.25) is 0 Å². The van der Waals surface area contributed by atoms with Gasteiger partial charge in [0.1, 0.15) is 5.75 Å². The van der Waals surface area contributed by atoms with Crippen molar-refractivity contribution in [1.29, 1.82) is 5.26 Å². The lowest BCUT2D eigenvalue weighted by Gasteiger charge is -2.07. The summed E-state index contributed by atoms with van der Waals surface area (Å²) in [6, 6.07) is 10.4. The first-order chi connectivity index (χ1) is 10.2. The number of urea groups is 1. The zero-order valence-corrected chi connectivity index (χ0v) is 11.5. The predicted octanol–water partition coefficient (Wildman–Crippen LogP) is 2.45. The highest BCUT2D eigenvalue weighted by Gasteiger charge is 2.06. The van der Waals surface area contributed by atoms with E-state index in [9.17, 15) is 4.79 Å². The van der Waals surface area contributed by atoms with Crippen molar-refractivity contribution in [2.75, 3.05) is 17.7 Å². The van der Waals surface area contributed by atoms with Gasteiger partial charge in [0.05, 0.1) is 26.1 Å². The number of nitriles is 1. The Hall–Kier alpha value is -3.01. The summed E-state index contributed by atoms with van der Waals surface area (Å²) in [6.45, 7) is 0.496. The molecule has 1 heterocycles. The van der Waals surface area contributed by atoms with Crippen molar-refractivity contribution < 1.29 is 9.53 Å². The first-order valence-electron chi connectivity index (χ1n) is 6.34. The number of hydrogen-bond donors (Lipinski definition) is 2. The minimum atomic E-state index is -0.395. The van der Waals surface area contributed by atoms with Gasteiger partial charge in [-0.2, -0.15) is 10.4 Å². The molecule has 0 aliphatic rings. The zero-order chi connectivity index (χ0) is 15.1. The molecule has 2 amide bonds. The normalized spacial score (nSPS) is 9.71. The molecule has 21 heavy (non-hydrogen) atoms. The van der Waals surface area contributed by atoms with Crippen molar-refractivity contribution in [3.05, 3.63) is 36.5 Å². The molecule has 0 atom stereocenters. The van der Waals surface area contributed by atoms with E-state index in [1.807, 2.05) is 6.07 Å². The second-order valence-electron chi connectivity index (χ2n) is 4.18. The average molecular weight is 285 g/mol. The molecule has 7 heteroatoms. The summed E-state index contributed by atoms with van der Waals surface area (Å²) in [7, 11) is 1.56. The van der Waals surface area contributed by atoms with Crippen LogP contribution in [-0.4, -0.2) is 22.9 Å². The predicted molar refractivity (Wildman–Crippen MR) is 78.1 cm³/mol. The summed E-state index contributed by atoms with van der Waals surface area (Å²) in [6.07, 6.45) is 2.08. The van der Waals surface area contributed by atoms with Crippen LogP contribution in [-0.2, 0) is 6.54 Å². The average Bonchev–Trinajstić information content (AvgIpc) is 2.92. The summed E-state index contributed by atoms with van der Waals surface area (Å²) in [4.78, 5) is 11.8. The van der Waals surface area contributed by atoms with Crippen LogP contribution in [0, 0.1) is 11.3 Å². The van der Waals surface area contributed by atoms with Crippen molar-refractivity contribution in [3.63, 3.8) is 0 Å². The molecule has 0 saturated carbocycles. The van der Waals surface area contributed by atoms with Gasteiger partial charge in [-0.25, -0.2) is 4.79 Å². The van der Waals surface area contributed by atoms with Crippen molar-refractivity contribution in [1.82, 2.24) is 9.78 Å². The number of rotatable bonds is 5. The Morgan fingerprint density at radius 3 is 3.05 bits per heavy atom. The highest BCUT2D eigenvalue weighted by Crippen LogP contribution is 2.16. The molecule has 1 aromatic heterocycles. The number of ether oxygens (including phenoxy) is 1. The number of amides is 2. The molecule has 2 aromatic rings. The summed E-state index contributed by atoms with van der Waals surface area (Å²) < 4.78 is 6.68. The molecule has 1 aromatic carbocycles. The van der Waals surface area contributed by atoms with Crippen molar-refractivity contribution >= 4 is 17.5 Å². The molecule has 7 nitrogen and oxygen atoms in total. The molecule has 0 saturated heterocycles. The molecule has 0 spiro atoms. The van der Waals surface area contributed by atoms with E-state index < -0.39 is 6.03 Å². The summed E-state index contributed by atoms with van der Waals surface area (Å²) in [5.74, 6) is 1.09. The number of nitrogens with zero attached hydrogens (tertiary/aromatic N) is 3. The van der Waals surface area contributed by atoms with Crippen LogP contribution in [0.1, 0.15) is 6.42 Å². The largest absolute Gasteiger partial charge is 0.497 e. The van der Waals surface area contributed by atoms with Gasteiger partial charge in [0.2, 0.25) is 0 Å². The van der Waals surface area contributed by atoms with Gasteiger partial charge in [0.15, 0.2) is 5.82 Å². The van der Waals surface area contributed by atoms with E-state index in [1.165, 1.54) is 0 Å². The fourth-order valence-electron chi connectivity index (χ4n) is 1.70. The van der Waals surface area contributed by atoms with Gasteiger partial charge in [-0.1, -0.05) is 6.07 Å². The van der Waals surface area contributed by atoms with Crippen LogP contribution in [0.25, 0.3) is 0 Å². The van der Waals surface area contributed by atoms with Gasteiger partial charge in [-0.15, -0.1) is 0 Å². The monoisotopic (exact) mass is 285 g/mol. The van der Waals surface area contributed by atoms with E-state index in [0.29, 0.717) is 30.2 Å². The highest BCUT2D eigenvalue weighted by atomic mass is 16.5. The topological polar surface area (TPSA) is 92.0 Å². The Kier molecular flexibility index (Phi) is 4.77. The minimum absolute atomic E-state index is 0.372. The third kappa shape index (κ3) is 4.24. The van der Waals surface area contributed by atoms with E-state index in [4.69, 9.17) is 10.00 Å². The lowest BCUT2D eigenvalue weighted by atomic mass is 10.3. The molecule has 0 aliphatic carbocycles. The number of methoxy groups -OCH3 is 1. The minimum Gasteiger partial charge on any atom is -0.497 e. The second-order valence-corrected chi connectivity index (χ2v) is 4.18. The molecule has 0 radical (unpaired) electrons. The number of aryl methyl sites for hydroxylation is 1. The van der Waals surface area contributed by atoms with Crippen molar-refractivity contribution in [3.8, 4) is 11.8 Å². The maximum atomic E-state index is 11.8. The Bertz CT molecular complexity index is 659.